The zero-order valence-corrected chi connectivity index (χ0v) is 14.2. The van der Waals surface area contributed by atoms with E-state index in [1.54, 1.807) is 18.3 Å². The molecule has 0 unspecified atom stereocenters. The van der Waals surface area contributed by atoms with Gasteiger partial charge in [-0.1, -0.05) is 23.2 Å². The van der Waals surface area contributed by atoms with E-state index in [0.717, 1.165) is 16.5 Å². The molecule has 1 aromatic carbocycles. The first-order chi connectivity index (χ1) is 11.0. The van der Waals surface area contributed by atoms with Gasteiger partial charge in [-0.25, -0.2) is 4.98 Å². The van der Waals surface area contributed by atoms with Gasteiger partial charge in [0.25, 0.3) is 5.91 Å². The average molecular weight is 348 g/mol. The third-order valence-electron chi connectivity index (χ3n) is 3.77. The molecule has 3 rings (SSSR count). The Hall–Kier alpha value is -2.04. The molecule has 1 amide bonds. The lowest BCUT2D eigenvalue weighted by atomic mass is 10.1. The first-order valence-corrected chi connectivity index (χ1v) is 7.98. The lowest BCUT2D eigenvalue weighted by Crippen LogP contribution is -2.18. The topological polar surface area (TPSA) is 46.9 Å². The molecule has 2 aromatic heterocycles. The van der Waals surface area contributed by atoms with Crippen molar-refractivity contribution in [1.29, 1.82) is 0 Å². The van der Waals surface area contributed by atoms with E-state index < -0.39 is 0 Å². The lowest BCUT2D eigenvalue weighted by Gasteiger charge is -2.09. The van der Waals surface area contributed by atoms with Crippen LogP contribution in [0, 0.1) is 6.92 Å². The van der Waals surface area contributed by atoms with Crippen LogP contribution in [0.5, 0.6) is 0 Å². The van der Waals surface area contributed by atoms with Crippen molar-refractivity contribution in [2.45, 2.75) is 20.4 Å². The molecule has 23 heavy (non-hydrogen) atoms. The third kappa shape index (κ3) is 2.92. The van der Waals surface area contributed by atoms with Crippen molar-refractivity contribution in [3.63, 3.8) is 0 Å². The number of amides is 1. The molecule has 0 aliphatic rings. The van der Waals surface area contributed by atoms with Crippen LogP contribution in [0.3, 0.4) is 0 Å². The molecule has 6 heteroatoms. The van der Waals surface area contributed by atoms with E-state index in [1.165, 1.54) is 0 Å². The Labute approximate surface area is 144 Å². The number of rotatable bonds is 3. The van der Waals surface area contributed by atoms with Crippen molar-refractivity contribution in [3.8, 4) is 0 Å². The maximum atomic E-state index is 12.7. The predicted molar refractivity (Wildman–Crippen MR) is 94.6 cm³/mol. The van der Waals surface area contributed by atoms with Crippen LogP contribution in [-0.2, 0) is 6.54 Å². The van der Waals surface area contributed by atoms with Gasteiger partial charge in [0.15, 0.2) is 0 Å². The van der Waals surface area contributed by atoms with E-state index in [1.807, 2.05) is 36.6 Å². The summed E-state index contributed by atoms with van der Waals surface area (Å²) in [4.78, 5) is 16.8. The standard InChI is InChI=1S/C17H15Cl2N3O/c1-3-22-14-5-4-11(18)8-13(14)10(2)16(22)17(23)21-15-9-12(19)6-7-20-15/h4-9H,3H2,1-2H3,(H,20,21,23). The van der Waals surface area contributed by atoms with Gasteiger partial charge in [0, 0.05) is 33.7 Å². The summed E-state index contributed by atoms with van der Waals surface area (Å²) in [5, 5.41) is 4.95. The molecule has 0 spiro atoms. The van der Waals surface area contributed by atoms with Gasteiger partial charge in [-0.05, 0) is 49.7 Å². The van der Waals surface area contributed by atoms with Crippen LogP contribution in [0.1, 0.15) is 23.0 Å². The second-order valence-electron chi connectivity index (χ2n) is 5.19. The van der Waals surface area contributed by atoms with Gasteiger partial charge < -0.3 is 9.88 Å². The van der Waals surface area contributed by atoms with Crippen molar-refractivity contribution in [2.75, 3.05) is 5.32 Å². The van der Waals surface area contributed by atoms with E-state index in [9.17, 15) is 4.79 Å². The number of fused-ring (bicyclic) bond motifs is 1. The minimum atomic E-state index is -0.216. The van der Waals surface area contributed by atoms with Gasteiger partial charge in [0.1, 0.15) is 11.5 Å². The molecule has 0 atom stereocenters. The largest absolute Gasteiger partial charge is 0.337 e. The highest BCUT2D eigenvalue weighted by Gasteiger charge is 2.20. The highest BCUT2D eigenvalue weighted by molar-refractivity contribution is 6.31. The minimum absolute atomic E-state index is 0.216. The van der Waals surface area contributed by atoms with Crippen LogP contribution in [0.4, 0.5) is 5.82 Å². The van der Waals surface area contributed by atoms with Crippen LogP contribution in [0.15, 0.2) is 36.5 Å². The lowest BCUT2D eigenvalue weighted by molar-refractivity contribution is 0.101. The molecule has 0 fully saturated rings. The van der Waals surface area contributed by atoms with Crippen LogP contribution in [0.2, 0.25) is 10.0 Å². The number of benzene rings is 1. The first kappa shape index (κ1) is 15.8. The van der Waals surface area contributed by atoms with Crippen molar-refractivity contribution >= 4 is 45.8 Å². The van der Waals surface area contributed by atoms with E-state index in [2.05, 4.69) is 10.3 Å². The molecule has 0 bridgehead atoms. The number of carbonyl (C=O) groups excluding carboxylic acids is 1. The molecule has 0 aliphatic carbocycles. The molecule has 2 heterocycles. The van der Waals surface area contributed by atoms with E-state index in [-0.39, 0.29) is 5.91 Å². The van der Waals surface area contributed by atoms with Crippen LogP contribution in [0.25, 0.3) is 10.9 Å². The van der Waals surface area contributed by atoms with Gasteiger partial charge >= 0.3 is 0 Å². The molecule has 1 N–H and O–H groups in total. The predicted octanol–water partition coefficient (Wildman–Crippen LogP) is 4.92. The van der Waals surface area contributed by atoms with E-state index >= 15 is 0 Å². The number of aromatic nitrogens is 2. The maximum Gasteiger partial charge on any atom is 0.273 e. The van der Waals surface area contributed by atoms with E-state index in [0.29, 0.717) is 28.1 Å². The zero-order chi connectivity index (χ0) is 16.6. The van der Waals surface area contributed by atoms with Crippen molar-refractivity contribution in [1.82, 2.24) is 9.55 Å². The Bertz CT molecular complexity index is 902. The summed E-state index contributed by atoms with van der Waals surface area (Å²) >= 11 is 12.0. The second kappa shape index (κ2) is 6.22. The molecule has 0 radical (unpaired) electrons. The molecule has 3 aromatic rings. The number of halogens is 2. The van der Waals surface area contributed by atoms with Crippen molar-refractivity contribution in [3.05, 3.63) is 57.8 Å². The van der Waals surface area contributed by atoms with Crippen LogP contribution >= 0.6 is 23.2 Å². The maximum absolute atomic E-state index is 12.7. The fraction of sp³-hybridized carbons (Fsp3) is 0.176. The van der Waals surface area contributed by atoms with Gasteiger partial charge in [-0.3, -0.25) is 4.79 Å². The number of anilines is 1. The van der Waals surface area contributed by atoms with Crippen LogP contribution in [-0.4, -0.2) is 15.5 Å². The van der Waals surface area contributed by atoms with Gasteiger partial charge in [0.2, 0.25) is 0 Å². The molecule has 0 saturated heterocycles. The summed E-state index contributed by atoms with van der Waals surface area (Å²) in [5.74, 6) is 0.208. The number of hydrogen-bond donors (Lipinski definition) is 1. The Balaban J connectivity index is 2.08. The monoisotopic (exact) mass is 347 g/mol. The van der Waals surface area contributed by atoms with Gasteiger partial charge in [0.05, 0.1) is 0 Å². The summed E-state index contributed by atoms with van der Waals surface area (Å²) in [6.45, 7) is 4.60. The molecule has 0 saturated carbocycles. The van der Waals surface area contributed by atoms with Gasteiger partial charge in [-0.2, -0.15) is 0 Å². The summed E-state index contributed by atoms with van der Waals surface area (Å²) in [6, 6.07) is 8.92. The van der Waals surface area contributed by atoms with Gasteiger partial charge in [-0.15, -0.1) is 0 Å². The number of nitrogens with zero attached hydrogens (tertiary/aromatic N) is 2. The number of pyridine rings is 1. The highest BCUT2D eigenvalue weighted by atomic mass is 35.5. The molecular formula is C17H15Cl2N3O. The smallest absolute Gasteiger partial charge is 0.273 e. The fourth-order valence-corrected chi connectivity index (χ4v) is 3.10. The Morgan fingerprint density at radius 2 is 1.96 bits per heavy atom. The summed E-state index contributed by atoms with van der Waals surface area (Å²) < 4.78 is 1.97. The summed E-state index contributed by atoms with van der Waals surface area (Å²) in [7, 11) is 0. The van der Waals surface area contributed by atoms with E-state index in [4.69, 9.17) is 23.2 Å². The number of carbonyl (C=O) groups is 1. The molecule has 0 aliphatic heterocycles. The zero-order valence-electron chi connectivity index (χ0n) is 12.7. The SMILES string of the molecule is CCn1c(C(=O)Nc2cc(Cl)ccn2)c(C)c2cc(Cl)ccc21. The van der Waals surface area contributed by atoms with Crippen LogP contribution < -0.4 is 5.32 Å². The Morgan fingerprint density at radius 3 is 2.65 bits per heavy atom. The number of hydrogen-bond acceptors (Lipinski definition) is 2. The molecule has 4 nitrogen and oxygen atoms in total. The normalized spacial score (nSPS) is 11.0. The first-order valence-electron chi connectivity index (χ1n) is 7.22. The van der Waals surface area contributed by atoms with Crippen molar-refractivity contribution in [2.24, 2.45) is 0 Å². The molecule has 118 valence electrons. The van der Waals surface area contributed by atoms with Crippen molar-refractivity contribution < 1.29 is 4.79 Å². The Morgan fingerprint density at radius 1 is 1.22 bits per heavy atom. The molecular weight excluding hydrogens is 333 g/mol. The second-order valence-corrected chi connectivity index (χ2v) is 6.07. The highest BCUT2D eigenvalue weighted by Crippen LogP contribution is 2.29. The Kier molecular flexibility index (Phi) is 4.28. The minimum Gasteiger partial charge on any atom is -0.337 e. The third-order valence-corrected chi connectivity index (χ3v) is 4.24. The number of nitrogens with one attached hydrogen (secondary N) is 1. The summed E-state index contributed by atoms with van der Waals surface area (Å²) in [6.07, 6.45) is 1.56. The fourth-order valence-electron chi connectivity index (χ4n) is 2.76. The summed E-state index contributed by atoms with van der Waals surface area (Å²) in [5.41, 5.74) is 2.48. The average Bonchev–Trinajstić information content (AvgIpc) is 2.79. The quantitative estimate of drug-likeness (QED) is 0.730. The number of aryl methyl sites for hydroxylation is 2.